The second kappa shape index (κ2) is 11.4. The van der Waals surface area contributed by atoms with Gasteiger partial charge in [-0.15, -0.1) is 0 Å². The molecule has 2 aromatic carbocycles. The zero-order valence-corrected chi connectivity index (χ0v) is 19.4. The molecule has 0 saturated carbocycles. The molecule has 3 rings (SSSR count). The molecule has 0 bridgehead atoms. The fourth-order valence-corrected chi connectivity index (χ4v) is 3.83. The fourth-order valence-electron chi connectivity index (χ4n) is 3.83. The molecule has 0 aromatic heterocycles. The second-order valence-electron chi connectivity index (χ2n) is 7.93. The third-order valence-corrected chi connectivity index (χ3v) is 5.36. The predicted molar refractivity (Wildman–Crippen MR) is 125 cm³/mol. The summed E-state index contributed by atoms with van der Waals surface area (Å²) in [5.41, 5.74) is 1.58. The molecule has 1 aliphatic rings. The van der Waals surface area contributed by atoms with Crippen molar-refractivity contribution in [2.45, 2.75) is 26.8 Å². The van der Waals surface area contributed by atoms with Crippen molar-refractivity contribution in [3.8, 4) is 11.5 Å². The van der Waals surface area contributed by atoms with E-state index in [2.05, 4.69) is 5.32 Å². The van der Waals surface area contributed by atoms with Crippen LogP contribution < -0.4 is 14.8 Å². The Bertz CT molecular complexity index is 979. The highest BCUT2D eigenvalue weighted by atomic mass is 16.5. The van der Waals surface area contributed by atoms with Gasteiger partial charge in [-0.3, -0.25) is 14.4 Å². The minimum atomic E-state index is -0.450. The van der Waals surface area contributed by atoms with Gasteiger partial charge in [0, 0.05) is 38.3 Å². The third-order valence-electron chi connectivity index (χ3n) is 5.36. The van der Waals surface area contributed by atoms with E-state index in [4.69, 9.17) is 9.47 Å². The Morgan fingerprint density at radius 2 is 1.76 bits per heavy atom. The molecule has 8 nitrogen and oxygen atoms in total. The van der Waals surface area contributed by atoms with E-state index in [1.165, 1.54) is 4.90 Å². The number of anilines is 1. The Hall–Kier alpha value is -3.55. The van der Waals surface area contributed by atoms with Crippen LogP contribution >= 0.6 is 0 Å². The first-order chi connectivity index (χ1) is 15.9. The summed E-state index contributed by atoms with van der Waals surface area (Å²) in [6, 6.07) is 14.8. The SMILES string of the molecule is CCOc1ccc(NC(=O)CN(C)C(=O)[C@@H]2CC(=O)N(Cc3ccccc3)C2)cc1OCC. The molecule has 1 atom stereocenters. The fraction of sp³-hybridized carbons (Fsp3) is 0.400. The molecular formula is C25H31N3O5. The molecule has 0 spiro atoms. The summed E-state index contributed by atoms with van der Waals surface area (Å²) in [6.45, 7) is 5.46. The van der Waals surface area contributed by atoms with Crippen LogP contribution in [0, 0.1) is 5.92 Å². The van der Waals surface area contributed by atoms with Gasteiger partial charge in [0.25, 0.3) is 0 Å². The van der Waals surface area contributed by atoms with Crippen LogP contribution in [0.25, 0.3) is 0 Å². The van der Waals surface area contributed by atoms with Crippen molar-refractivity contribution >= 4 is 23.4 Å². The molecule has 1 aliphatic heterocycles. The zero-order valence-electron chi connectivity index (χ0n) is 19.4. The molecular weight excluding hydrogens is 422 g/mol. The Morgan fingerprint density at radius 1 is 1.06 bits per heavy atom. The van der Waals surface area contributed by atoms with E-state index in [-0.39, 0.29) is 30.7 Å². The number of nitrogens with one attached hydrogen (secondary N) is 1. The molecule has 3 amide bonds. The highest BCUT2D eigenvalue weighted by molar-refractivity contribution is 5.96. The number of ether oxygens (including phenoxy) is 2. The van der Waals surface area contributed by atoms with Gasteiger partial charge in [-0.1, -0.05) is 30.3 Å². The molecule has 0 unspecified atom stereocenters. The quantitative estimate of drug-likeness (QED) is 0.598. The van der Waals surface area contributed by atoms with Crippen molar-refractivity contribution < 1.29 is 23.9 Å². The number of benzene rings is 2. The van der Waals surface area contributed by atoms with Crippen LogP contribution in [-0.2, 0) is 20.9 Å². The molecule has 0 radical (unpaired) electrons. The summed E-state index contributed by atoms with van der Waals surface area (Å²) in [5.74, 6) is 0.112. The van der Waals surface area contributed by atoms with Crippen molar-refractivity contribution in [3.63, 3.8) is 0 Å². The van der Waals surface area contributed by atoms with Gasteiger partial charge < -0.3 is 24.6 Å². The molecule has 1 saturated heterocycles. The van der Waals surface area contributed by atoms with E-state index in [0.29, 0.717) is 43.5 Å². The van der Waals surface area contributed by atoms with Crippen LogP contribution in [0.3, 0.4) is 0 Å². The molecule has 0 aliphatic carbocycles. The van der Waals surface area contributed by atoms with Gasteiger partial charge >= 0.3 is 0 Å². The number of likely N-dealkylation sites (N-methyl/N-ethyl adjacent to an activating group) is 1. The lowest BCUT2D eigenvalue weighted by Gasteiger charge is -2.21. The van der Waals surface area contributed by atoms with Crippen LogP contribution in [0.5, 0.6) is 11.5 Å². The van der Waals surface area contributed by atoms with Crippen LogP contribution in [0.4, 0.5) is 5.69 Å². The molecule has 1 fully saturated rings. The summed E-state index contributed by atoms with van der Waals surface area (Å²) in [6.07, 6.45) is 0.161. The Balaban J connectivity index is 1.54. The number of hydrogen-bond donors (Lipinski definition) is 1. The largest absolute Gasteiger partial charge is 0.490 e. The van der Waals surface area contributed by atoms with Crippen LogP contribution in [0.2, 0.25) is 0 Å². The zero-order chi connectivity index (χ0) is 23.8. The summed E-state index contributed by atoms with van der Waals surface area (Å²) in [4.78, 5) is 40.9. The number of nitrogens with zero attached hydrogens (tertiary/aromatic N) is 2. The number of hydrogen-bond acceptors (Lipinski definition) is 5. The van der Waals surface area contributed by atoms with Crippen LogP contribution in [0.1, 0.15) is 25.8 Å². The van der Waals surface area contributed by atoms with E-state index in [1.807, 2.05) is 44.2 Å². The van der Waals surface area contributed by atoms with Gasteiger partial charge in [0.15, 0.2) is 11.5 Å². The smallest absolute Gasteiger partial charge is 0.243 e. The van der Waals surface area contributed by atoms with E-state index in [0.717, 1.165) is 5.56 Å². The maximum Gasteiger partial charge on any atom is 0.243 e. The van der Waals surface area contributed by atoms with Crippen molar-refractivity contribution in [1.29, 1.82) is 0 Å². The first-order valence-electron chi connectivity index (χ1n) is 11.2. The second-order valence-corrected chi connectivity index (χ2v) is 7.93. The normalized spacial score (nSPS) is 15.3. The van der Waals surface area contributed by atoms with E-state index in [9.17, 15) is 14.4 Å². The van der Waals surface area contributed by atoms with Gasteiger partial charge in [-0.25, -0.2) is 0 Å². The summed E-state index contributed by atoms with van der Waals surface area (Å²) in [7, 11) is 1.58. The van der Waals surface area contributed by atoms with E-state index >= 15 is 0 Å². The first kappa shape index (κ1) is 24.1. The van der Waals surface area contributed by atoms with Gasteiger partial charge in [0.1, 0.15) is 0 Å². The lowest BCUT2D eigenvalue weighted by atomic mass is 10.1. The van der Waals surface area contributed by atoms with Crippen molar-refractivity contribution in [1.82, 2.24) is 9.80 Å². The molecule has 1 N–H and O–H groups in total. The van der Waals surface area contributed by atoms with E-state index in [1.54, 1.807) is 30.1 Å². The number of carbonyl (C=O) groups is 3. The third kappa shape index (κ3) is 6.47. The molecule has 8 heteroatoms. The standard InChI is InChI=1S/C25H31N3O5/c1-4-32-21-12-11-20(14-22(21)33-5-2)26-23(29)17-27(3)25(31)19-13-24(30)28(16-19)15-18-9-7-6-8-10-18/h6-12,14,19H,4-5,13,15-17H2,1-3H3,(H,26,29)/t19-/m1/s1. The maximum absolute atomic E-state index is 12.9. The maximum atomic E-state index is 12.9. The summed E-state index contributed by atoms with van der Waals surface area (Å²) >= 11 is 0. The van der Waals surface area contributed by atoms with Gasteiger partial charge in [-0.05, 0) is 31.5 Å². The Morgan fingerprint density at radius 3 is 2.45 bits per heavy atom. The highest BCUT2D eigenvalue weighted by Gasteiger charge is 2.36. The van der Waals surface area contributed by atoms with Gasteiger partial charge in [-0.2, -0.15) is 0 Å². The van der Waals surface area contributed by atoms with Crippen molar-refractivity contribution in [3.05, 3.63) is 54.1 Å². The average molecular weight is 454 g/mol. The van der Waals surface area contributed by atoms with E-state index < -0.39 is 5.92 Å². The lowest BCUT2D eigenvalue weighted by molar-refractivity contribution is -0.137. The number of amides is 3. The number of rotatable bonds is 10. The van der Waals surface area contributed by atoms with Crippen molar-refractivity contribution in [2.24, 2.45) is 5.92 Å². The lowest BCUT2D eigenvalue weighted by Crippen LogP contribution is -2.39. The average Bonchev–Trinajstić information content (AvgIpc) is 3.16. The minimum Gasteiger partial charge on any atom is -0.490 e. The molecule has 33 heavy (non-hydrogen) atoms. The topological polar surface area (TPSA) is 88.2 Å². The highest BCUT2D eigenvalue weighted by Crippen LogP contribution is 2.30. The number of carbonyl (C=O) groups excluding carboxylic acids is 3. The Labute approximate surface area is 194 Å². The molecule has 2 aromatic rings. The van der Waals surface area contributed by atoms with Gasteiger partial charge in [0.2, 0.25) is 17.7 Å². The Kier molecular flexibility index (Phi) is 8.29. The molecule has 1 heterocycles. The van der Waals surface area contributed by atoms with Crippen molar-refractivity contribution in [2.75, 3.05) is 38.7 Å². The number of likely N-dealkylation sites (tertiary alicyclic amines) is 1. The summed E-state index contributed by atoms with van der Waals surface area (Å²) < 4.78 is 11.1. The summed E-state index contributed by atoms with van der Waals surface area (Å²) in [5, 5.41) is 2.79. The monoisotopic (exact) mass is 453 g/mol. The first-order valence-corrected chi connectivity index (χ1v) is 11.2. The van der Waals surface area contributed by atoms with Gasteiger partial charge in [0.05, 0.1) is 25.7 Å². The predicted octanol–water partition coefficient (Wildman–Crippen LogP) is 2.93. The van der Waals surface area contributed by atoms with Crippen LogP contribution in [0.15, 0.2) is 48.5 Å². The van der Waals surface area contributed by atoms with Crippen LogP contribution in [-0.4, -0.2) is 60.9 Å². The minimum absolute atomic E-state index is 0.0482. The molecule has 176 valence electrons.